The van der Waals surface area contributed by atoms with Gasteiger partial charge in [0.2, 0.25) is 0 Å². The Hall–Kier alpha value is -0.300. The monoisotopic (exact) mass is 308 g/mol. The van der Waals surface area contributed by atoms with Gasteiger partial charge in [0.05, 0.1) is 0 Å². The lowest BCUT2D eigenvalue weighted by molar-refractivity contribution is 0.710. The molecule has 18 heavy (non-hydrogen) atoms. The molecule has 0 amide bonds. The van der Waals surface area contributed by atoms with Crippen molar-refractivity contribution in [3.63, 3.8) is 0 Å². The second-order valence-electron chi connectivity index (χ2n) is 5.54. The van der Waals surface area contributed by atoms with Crippen molar-refractivity contribution in [1.29, 1.82) is 0 Å². The Morgan fingerprint density at radius 1 is 1.06 bits per heavy atom. The number of alkyl halides is 1. The number of hydrogen-bond acceptors (Lipinski definition) is 0. The van der Waals surface area contributed by atoms with Crippen LogP contribution in [-0.2, 0) is 19.3 Å². The maximum Gasteiger partial charge on any atom is 0.0403 e. The number of benzene rings is 1. The molecular weight excluding hydrogens is 284 g/mol. The number of hydrogen-bond donors (Lipinski definition) is 0. The average Bonchev–Trinajstić information content (AvgIpc) is 3.20. The Morgan fingerprint density at radius 3 is 2.00 bits per heavy atom. The Morgan fingerprint density at radius 2 is 1.61 bits per heavy atom. The zero-order chi connectivity index (χ0) is 13.1. The van der Waals surface area contributed by atoms with Crippen molar-refractivity contribution >= 4 is 15.9 Å². The van der Waals surface area contributed by atoms with Crippen LogP contribution in [0.25, 0.3) is 0 Å². The lowest BCUT2D eigenvalue weighted by atomic mass is 9.90. The summed E-state index contributed by atoms with van der Waals surface area (Å²) in [7, 11) is 0. The predicted octanol–water partition coefficient (Wildman–Crippen LogP) is 5.61. The SMILES string of the molecule is CCc1cc(CC)c(C(Br)CC2CC2)c(CC)c1. The Bertz CT molecular complexity index is 379. The minimum absolute atomic E-state index is 0.570. The highest BCUT2D eigenvalue weighted by Crippen LogP contribution is 2.43. The first kappa shape index (κ1) is 14.1. The van der Waals surface area contributed by atoms with E-state index in [1.165, 1.54) is 24.8 Å². The smallest absolute Gasteiger partial charge is 0.0403 e. The molecule has 100 valence electrons. The third kappa shape index (κ3) is 3.17. The van der Waals surface area contributed by atoms with Gasteiger partial charge in [-0.3, -0.25) is 0 Å². The van der Waals surface area contributed by atoms with Crippen LogP contribution in [0.4, 0.5) is 0 Å². The zero-order valence-electron chi connectivity index (χ0n) is 11.9. The first-order valence-electron chi connectivity index (χ1n) is 7.48. The van der Waals surface area contributed by atoms with Crippen LogP contribution in [0.5, 0.6) is 0 Å². The van der Waals surface area contributed by atoms with Crippen molar-refractivity contribution in [3.8, 4) is 0 Å². The van der Waals surface area contributed by atoms with Crippen LogP contribution in [0.1, 0.15) is 67.1 Å². The quantitative estimate of drug-likeness (QED) is 0.599. The second-order valence-corrected chi connectivity index (χ2v) is 6.64. The van der Waals surface area contributed by atoms with E-state index in [0.717, 1.165) is 25.2 Å². The molecule has 1 saturated carbocycles. The van der Waals surface area contributed by atoms with Gasteiger partial charge in [0.15, 0.2) is 0 Å². The molecule has 0 spiro atoms. The second kappa shape index (κ2) is 6.23. The minimum atomic E-state index is 0.570. The summed E-state index contributed by atoms with van der Waals surface area (Å²) in [4.78, 5) is 0.570. The van der Waals surface area contributed by atoms with Gasteiger partial charge in [-0.1, -0.05) is 61.7 Å². The van der Waals surface area contributed by atoms with Crippen LogP contribution in [0, 0.1) is 5.92 Å². The molecule has 0 aromatic heterocycles. The van der Waals surface area contributed by atoms with E-state index in [1.54, 1.807) is 16.7 Å². The van der Waals surface area contributed by atoms with E-state index in [4.69, 9.17) is 0 Å². The molecule has 2 rings (SSSR count). The van der Waals surface area contributed by atoms with Crippen molar-refractivity contribution in [2.24, 2.45) is 5.92 Å². The van der Waals surface area contributed by atoms with Gasteiger partial charge in [-0.2, -0.15) is 0 Å². The summed E-state index contributed by atoms with van der Waals surface area (Å²) >= 11 is 3.96. The van der Waals surface area contributed by atoms with E-state index in [9.17, 15) is 0 Å². The summed E-state index contributed by atoms with van der Waals surface area (Å²) in [5, 5.41) is 0. The molecule has 1 fully saturated rings. The molecular formula is C17H25Br. The normalized spacial score (nSPS) is 16.9. The molecule has 1 atom stereocenters. The highest BCUT2D eigenvalue weighted by Gasteiger charge is 2.27. The molecule has 1 aliphatic rings. The zero-order valence-corrected chi connectivity index (χ0v) is 13.5. The summed E-state index contributed by atoms with van der Waals surface area (Å²) in [6.45, 7) is 6.83. The van der Waals surface area contributed by atoms with E-state index >= 15 is 0 Å². The van der Waals surface area contributed by atoms with Gasteiger partial charge in [-0.25, -0.2) is 0 Å². The Labute approximate surface area is 120 Å². The Balaban J connectivity index is 2.34. The summed E-state index contributed by atoms with van der Waals surface area (Å²) in [5.41, 5.74) is 6.23. The van der Waals surface area contributed by atoms with Gasteiger partial charge in [-0.05, 0) is 53.9 Å². The fourth-order valence-corrected chi connectivity index (χ4v) is 3.92. The molecule has 0 aliphatic heterocycles. The highest BCUT2D eigenvalue weighted by atomic mass is 79.9. The maximum absolute atomic E-state index is 3.96. The average molecular weight is 309 g/mol. The molecule has 0 radical (unpaired) electrons. The number of rotatable bonds is 6. The molecule has 0 N–H and O–H groups in total. The van der Waals surface area contributed by atoms with E-state index in [-0.39, 0.29) is 0 Å². The molecule has 0 bridgehead atoms. The van der Waals surface area contributed by atoms with E-state index in [2.05, 4.69) is 48.8 Å². The van der Waals surface area contributed by atoms with Crippen molar-refractivity contribution in [1.82, 2.24) is 0 Å². The number of aryl methyl sites for hydroxylation is 3. The first-order chi connectivity index (χ1) is 8.69. The molecule has 1 aromatic carbocycles. The largest absolute Gasteiger partial charge is 0.0838 e. The molecule has 0 saturated heterocycles. The number of halogens is 1. The van der Waals surface area contributed by atoms with Gasteiger partial charge in [0.25, 0.3) is 0 Å². The maximum atomic E-state index is 3.96. The topological polar surface area (TPSA) is 0 Å². The summed E-state index contributed by atoms with van der Waals surface area (Å²) in [5.74, 6) is 0.981. The standard InChI is InChI=1S/C17H25Br/c1-4-12-9-14(5-2)17(15(6-3)10-12)16(18)11-13-7-8-13/h9-10,13,16H,4-8,11H2,1-3H3. The summed E-state index contributed by atoms with van der Waals surface area (Å²) in [6, 6.07) is 4.85. The third-order valence-electron chi connectivity index (χ3n) is 4.13. The predicted molar refractivity (Wildman–Crippen MR) is 83.6 cm³/mol. The summed E-state index contributed by atoms with van der Waals surface area (Å²) in [6.07, 6.45) is 7.67. The molecule has 1 aliphatic carbocycles. The molecule has 1 heteroatoms. The van der Waals surface area contributed by atoms with Gasteiger partial charge >= 0.3 is 0 Å². The Kier molecular flexibility index (Phi) is 4.89. The van der Waals surface area contributed by atoms with Gasteiger partial charge in [-0.15, -0.1) is 0 Å². The van der Waals surface area contributed by atoms with Gasteiger partial charge in [0, 0.05) is 4.83 Å². The molecule has 0 nitrogen and oxygen atoms in total. The van der Waals surface area contributed by atoms with Crippen LogP contribution >= 0.6 is 15.9 Å². The minimum Gasteiger partial charge on any atom is -0.0838 e. The van der Waals surface area contributed by atoms with E-state index in [0.29, 0.717) is 4.83 Å². The first-order valence-corrected chi connectivity index (χ1v) is 8.39. The van der Waals surface area contributed by atoms with E-state index < -0.39 is 0 Å². The van der Waals surface area contributed by atoms with Crippen LogP contribution in [0.2, 0.25) is 0 Å². The highest BCUT2D eigenvalue weighted by molar-refractivity contribution is 9.09. The van der Waals surface area contributed by atoms with Crippen molar-refractivity contribution in [3.05, 3.63) is 34.4 Å². The van der Waals surface area contributed by atoms with Gasteiger partial charge < -0.3 is 0 Å². The van der Waals surface area contributed by atoms with Crippen molar-refractivity contribution in [2.75, 3.05) is 0 Å². The van der Waals surface area contributed by atoms with Crippen LogP contribution in [0.3, 0.4) is 0 Å². The summed E-state index contributed by atoms with van der Waals surface area (Å²) < 4.78 is 0. The lowest BCUT2D eigenvalue weighted by Gasteiger charge is -2.20. The molecule has 0 heterocycles. The van der Waals surface area contributed by atoms with Crippen LogP contribution in [-0.4, -0.2) is 0 Å². The molecule has 1 unspecified atom stereocenters. The lowest BCUT2D eigenvalue weighted by Crippen LogP contribution is -2.04. The van der Waals surface area contributed by atoms with Gasteiger partial charge in [0.1, 0.15) is 0 Å². The van der Waals surface area contributed by atoms with Crippen LogP contribution in [0.15, 0.2) is 12.1 Å². The van der Waals surface area contributed by atoms with Crippen LogP contribution < -0.4 is 0 Å². The fourth-order valence-electron chi connectivity index (χ4n) is 2.81. The fraction of sp³-hybridized carbons (Fsp3) is 0.647. The molecule has 1 aromatic rings. The van der Waals surface area contributed by atoms with E-state index in [1.807, 2.05) is 0 Å². The third-order valence-corrected chi connectivity index (χ3v) is 4.96. The van der Waals surface area contributed by atoms with Crippen molar-refractivity contribution < 1.29 is 0 Å². The van der Waals surface area contributed by atoms with Crippen molar-refractivity contribution in [2.45, 2.75) is 64.1 Å².